The minimum absolute atomic E-state index is 0.437. The third kappa shape index (κ3) is 6.37. The topological polar surface area (TPSA) is 96.3 Å². The van der Waals surface area contributed by atoms with Crippen LogP contribution in [0.2, 0.25) is 0 Å². The molecule has 4 atom stereocenters. The van der Waals surface area contributed by atoms with Gasteiger partial charge >= 0.3 is 12.1 Å². The minimum Gasteiger partial charge on any atom is -0.453 e. The van der Waals surface area contributed by atoms with Crippen molar-refractivity contribution in [2.45, 2.75) is 70.0 Å². The summed E-state index contributed by atoms with van der Waals surface area (Å²) >= 11 is 0. The van der Waals surface area contributed by atoms with E-state index in [9.17, 15) is 19.8 Å². The van der Waals surface area contributed by atoms with Gasteiger partial charge in [0.05, 0.1) is 18.1 Å². The van der Waals surface area contributed by atoms with Gasteiger partial charge < -0.3 is 24.6 Å². The quantitative estimate of drug-likeness (QED) is 0.358. The van der Waals surface area contributed by atoms with Crippen LogP contribution in [0.25, 0.3) is 0 Å². The van der Waals surface area contributed by atoms with E-state index in [0.29, 0.717) is 36.1 Å². The molecule has 0 bridgehead atoms. The largest absolute Gasteiger partial charge is 0.453 e. The molecule has 40 heavy (non-hydrogen) atoms. The number of aliphatic hydroxyl groups is 2. The first-order chi connectivity index (χ1) is 19.0. The van der Waals surface area contributed by atoms with Crippen LogP contribution in [0.1, 0.15) is 63.3 Å². The van der Waals surface area contributed by atoms with Gasteiger partial charge in [0, 0.05) is 6.54 Å². The molecule has 3 aromatic rings. The molecule has 0 aromatic heterocycles. The number of aliphatic hydroxyl groups excluding tert-OH is 1. The van der Waals surface area contributed by atoms with Crippen LogP contribution < -0.4 is 0 Å². The zero-order valence-electron chi connectivity index (χ0n) is 23.6. The molecule has 212 valence electrons. The molecule has 1 saturated heterocycles. The molecule has 1 fully saturated rings. The lowest BCUT2D eigenvalue weighted by Gasteiger charge is -2.38. The van der Waals surface area contributed by atoms with Crippen LogP contribution in [0.15, 0.2) is 91.0 Å². The Hall–Kier alpha value is -3.68. The Morgan fingerprint density at radius 2 is 1.38 bits per heavy atom. The Morgan fingerprint density at radius 1 is 0.875 bits per heavy atom. The third-order valence-corrected chi connectivity index (χ3v) is 7.35. The van der Waals surface area contributed by atoms with E-state index < -0.39 is 47.4 Å². The summed E-state index contributed by atoms with van der Waals surface area (Å²) in [6.07, 6.45) is -1.58. The van der Waals surface area contributed by atoms with Gasteiger partial charge in [-0.15, -0.1) is 0 Å². The lowest BCUT2D eigenvalue weighted by Crippen LogP contribution is -2.49. The molecule has 0 unspecified atom stereocenters. The van der Waals surface area contributed by atoms with Crippen molar-refractivity contribution >= 4 is 12.1 Å². The van der Waals surface area contributed by atoms with Gasteiger partial charge in [-0.25, -0.2) is 4.79 Å². The second-order valence-corrected chi connectivity index (χ2v) is 11.4. The highest BCUT2D eigenvalue weighted by Crippen LogP contribution is 2.44. The number of hydrogen-bond acceptors (Lipinski definition) is 6. The van der Waals surface area contributed by atoms with Crippen LogP contribution in [0.4, 0.5) is 4.79 Å². The second-order valence-electron chi connectivity index (χ2n) is 11.4. The Labute approximate surface area is 236 Å². The molecule has 1 aliphatic heterocycles. The number of likely N-dealkylation sites (tertiary alicyclic amines) is 1. The van der Waals surface area contributed by atoms with Crippen molar-refractivity contribution in [1.29, 1.82) is 0 Å². The highest BCUT2D eigenvalue weighted by molar-refractivity contribution is 5.74. The van der Waals surface area contributed by atoms with E-state index in [1.807, 2.05) is 54.6 Å². The van der Waals surface area contributed by atoms with E-state index in [1.165, 1.54) is 4.90 Å². The summed E-state index contributed by atoms with van der Waals surface area (Å²) in [4.78, 5) is 28.0. The fourth-order valence-corrected chi connectivity index (χ4v) is 5.27. The van der Waals surface area contributed by atoms with E-state index in [2.05, 4.69) is 0 Å². The van der Waals surface area contributed by atoms with Gasteiger partial charge in [-0.3, -0.25) is 4.79 Å². The number of ether oxygens (including phenoxy) is 2. The highest BCUT2D eigenvalue weighted by atomic mass is 16.6. The Morgan fingerprint density at radius 3 is 1.88 bits per heavy atom. The SMILES string of the molecule is C[C@H](C(=O)O[C@@H](c1ccccc1)C(O)(c1ccccc1)c1ccccc1)[C@H](O)[C@@H]1CCCN1C(=O)OC(C)(C)C. The van der Waals surface area contributed by atoms with E-state index >= 15 is 0 Å². The molecule has 3 aromatic carbocycles. The Kier molecular flexibility index (Phi) is 8.96. The van der Waals surface area contributed by atoms with Gasteiger partial charge in [-0.2, -0.15) is 0 Å². The molecule has 1 amide bonds. The lowest BCUT2D eigenvalue weighted by atomic mass is 9.78. The zero-order valence-corrected chi connectivity index (χ0v) is 23.6. The first-order valence-electron chi connectivity index (χ1n) is 13.8. The average molecular weight is 546 g/mol. The molecule has 0 radical (unpaired) electrons. The van der Waals surface area contributed by atoms with Gasteiger partial charge in [0.15, 0.2) is 11.7 Å². The molecule has 7 heteroatoms. The number of hydrogen-bond donors (Lipinski definition) is 2. The normalized spacial score (nSPS) is 18.1. The van der Waals surface area contributed by atoms with Crippen molar-refractivity contribution in [3.8, 4) is 0 Å². The van der Waals surface area contributed by atoms with Crippen molar-refractivity contribution in [3.63, 3.8) is 0 Å². The fourth-order valence-electron chi connectivity index (χ4n) is 5.27. The minimum atomic E-state index is -1.72. The summed E-state index contributed by atoms with van der Waals surface area (Å²) < 4.78 is 11.7. The second kappa shape index (κ2) is 12.2. The summed E-state index contributed by atoms with van der Waals surface area (Å²) in [6, 6.07) is 26.7. The number of amides is 1. The summed E-state index contributed by atoms with van der Waals surface area (Å²) in [5.74, 6) is -1.65. The first kappa shape index (κ1) is 29.3. The summed E-state index contributed by atoms with van der Waals surface area (Å²) in [5.41, 5.74) is -0.683. The zero-order chi connectivity index (χ0) is 28.9. The highest BCUT2D eigenvalue weighted by Gasteiger charge is 2.46. The Balaban J connectivity index is 1.66. The monoisotopic (exact) mass is 545 g/mol. The predicted octanol–water partition coefficient (Wildman–Crippen LogP) is 5.60. The molecule has 0 aliphatic carbocycles. The van der Waals surface area contributed by atoms with Crippen LogP contribution in [0.3, 0.4) is 0 Å². The van der Waals surface area contributed by atoms with E-state index in [4.69, 9.17) is 9.47 Å². The standard InChI is InChI=1S/C33H39NO6/c1-23(28(35)27-21-14-22-34(27)31(37)40-32(2,3)4)30(36)39-29(24-15-8-5-9-16-24)33(38,25-17-10-6-11-18-25)26-19-12-7-13-20-26/h5-13,15-20,23,27-29,35,38H,14,21-22H2,1-4H3/t23-,27-,28-,29-/m0/s1. The van der Waals surface area contributed by atoms with E-state index in [1.54, 1.807) is 64.1 Å². The molecule has 1 aliphatic rings. The van der Waals surface area contributed by atoms with Crippen molar-refractivity contribution < 1.29 is 29.3 Å². The third-order valence-electron chi connectivity index (χ3n) is 7.35. The molecule has 7 nitrogen and oxygen atoms in total. The van der Waals surface area contributed by atoms with E-state index in [-0.39, 0.29) is 0 Å². The van der Waals surface area contributed by atoms with Gasteiger partial charge in [-0.1, -0.05) is 91.0 Å². The molecular weight excluding hydrogens is 506 g/mol. The van der Waals surface area contributed by atoms with Crippen molar-refractivity contribution in [2.75, 3.05) is 6.54 Å². The number of carbonyl (C=O) groups is 2. The maximum atomic E-state index is 13.7. The summed E-state index contributed by atoms with van der Waals surface area (Å²) in [7, 11) is 0. The maximum absolute atomic E-state index is 13.7. The summed E-state index contributed by atoms with van der Waals surface area (Å²) in [6.45, 7) is 7.39. The predicted molar refractivity (Wildman–Crippen MR) is 152 cm³/mol. The summed E-state index contributed by atoms with van der Waals surface area (Å²) in [5, 5.41) is 23.8. The van der Waals surface area contributed by atoms with Crippen molar-refractivity contribution in [1.82, 2.24) is 4.90 Å². The molecule has 2 N–H and O–H groups in total. The number of benzene rings is 3. The van der Waals surface area contributed by atoms with Crippen LogP contribution in [-0.2, 0) is 19.9 Å². The van der Waals surface area contributed by atoms with Gasteiger partial charge in [-0.05, 0) is 57.2 Å². The smallest absolute Gasteiger partial charge is 0.410 e. The lowest BCUT2D eigenvalue weighted by molar-refractivity contribution is -0.172. The molecule has 0 saturated carbocycles. The molecule has 0 spiro atoms. The average Bonchev–Trinajstić information content (AvgIpc) is 3.45. The number of nitrogens with zero attached hydrogens (tertiary/aromatic N) is 1. The first-order valence-corrected chi connectivity index (χ1v) is 13.8. The van der Waals surface area contributed by atoms with Crippen LogP contribution in [-0.4, -0.2) is 51.5 Å². The van der Waals surface area contributed by atoms with Crippen molar-refractivity contribution in [2.24, 2.45) is 5.92 Å². The van der Waals surface area contributed by atoms with Gasteiger partial charge in [0.25, 0.3) is 0 Å². The Bertz CT molecular complexity index is 1220. The molecular formula is C33H39NO6. The number of carbonyl (C=O) groups excluding carboxylic acids is 2. The van der Waals surface area contributed by atoms with Crippen LogP contribution >= 0.6 is 0 Å². The molecule has 4 rings (SSSR count). The number of esters is 1. The molecule has 1 heterocycles. The fraction of sp³-hybridized carbons (Fsp3) is 0.394. The number of rotatable bonds is 8. The van der Waals surface area contributed by atoms with Gasteiger partial charge in [0.1, 0.15) is 5.60 Å². The maximum Gasteiger partial charge on any atom is 0.410 e. The van der Waals surface area contributed by atoms with E-state index in [0.717, 1.165) is 0 Å². The van der Waals surface area contributed by atoms with Gasteiger partial charge in [0.2, 0.25) is 0 Å². The van der Waals surface area contributed by atoms with Crippen LogP contribution in [0, 0.1) is 5.92 Å². The van der Waals surface area contributed by atoms with Crippen LogP contribution in [0.5, 0.6) is 0 Å². The van der Waals surface area contributed by atoms with Crippen molar-refractivity contribution in [3.05, 3.63) is 108 Å².